The van der Waals surface area contributed by atoms with Gasteiger partial charge in [0.05, 0.1) is 10.9 Å². The van der Waals surface area contributed by atoms with Crippen LogP contribution in [0.15, 0.2) is 34.9 Å². The van der Waals surface area contributed by atoms with E-state index in [1.54, 1.807) is 0 Å². The molecular formula is C15H17ClN2O2S. The van der Waals surface area contributed by atoms with Gasteiger partial charge in [-0.25, -0.2) is 0 Å². The Bertz CT molecular complexity index is 615. The molecular weight excluding hydrogens is 308 g/mol. The fourth-order valence-corrected chi connectivity index (χ4v) is 2.73. The summed E-state index contributed by atoms with van der Waals surface area (Å²) in [5, 5.41) is 7.30. The lowest BCUT2D eigenvalue weighted by atomic mass is 10.2. The maximum absolute atomic E-state index is 12.0. The zero-order chi connectivity index (χ0) is 15.2. The van der Waals surface area contributed by atoms with Gasteiger partial charge in [-0.3, -0.25) is 4.79 Å². The molecule has 0 aliphatic heterocycles. The standard InChI is InChI=1S/C15H17ClN2O2S/c1-10-7-13(18-20-10)9-21-11(2)15(19)17-8-12-5-3-4-6-14(12)16/h3-7,11H,8-9H2,1-2H3,(H,17,19). The van der Waals surface area contributed by atoms with Gasteiger partial charge in [-0.1, -0.05) is 35.0 Å². The number of carbonyl (C=O) groups is 1. The average molecular weight is 325 g/mol. The highest BCUT2D eigenvalue weighted by molar-refractivity contribution is 7.99. The Labute approximate surface area is 133 Å². The fraction of sp³-hybridized carbons (Fsp3) is 0.333. The monoisotopic (exact) mass is 324 g/mol. The molecule has 1 amide bonds. The van der Waals surface area contributed by atoms with Gasteiger partial charge in [-0.05, 0) is 25.5 Å². The van der Waals surface area contributed by atoms with E-state index in [9.17, 15) is 4.79 Å². The predicted molar refractivity (Wildman–Crippen MR) is 85.3 cm³/mol. The molecule has 0 bridgehead atoms. The van der Waals surface area contributed by atoms with Crippen molar-refractivity contribution in [2.24, 2.45) is 0 Å². The normalized spacial score (nSPS) is 12.1. The molecule has 1 atom stereocenters. The highest BCUT2D eigenvalue weighted by atomic mass is 35.5. The lowest BCUT2D eigenvalue weighted by Gasteiger charge is -2.11. The summed E-state index contributed by atoms with van der Waals surface area (Å²) < 4.78 is 5.00. The van der Waals surface area contributed by atoms with Crippen LogP contribution in [0.25, 0.3) is 0 Å². The Morgan fingerprint density at radius 1 is 1.48 bits per heavy atom. The van der Waals surface area contributed by atoms with Crippen LogP contribution >= 0.6 is 23.4 Å². The first kappa shape index (κ1) is 15.9. The molecule has 1 aromatic heterocycles. The van der Waals surface area contributed by atoms with Gasteiger partial charge in [0, 0.05) is 23.4 Å². The first-order valence-corrected chi connectivity index (χ1v) is 8.04. The van der Waals surface area contributed by atoms with Crippen molar-refractivity contribution in [3.8, 4) is 0 Å². The highest BCUT2D eigenvalue weighted by Gasteiger charge is 2.14. The number of nitrogens with one attached hydrogen (secondary N) is 1. The maximum atomic E-state index is 12.0. The molecule has 0 spiro atoms. The molecule has 1 aromatic carbocycles. The molecule has 2 aromatic rings. The number of aromatic nitrogens is 1. The minimum absolute atomic E-state index is 0.0138. The Kier molecular flexibility index (Phi) is 5.70. The topological polar surface area (TPSA) is 55.1 Å². The van der Waals surface area contributed by atoms with Gasteiger partial charge in [0.15, 0.2) is 0 Å². The van der Waals surface area contributed by atoms with E-state index in [1.165, 1.54) is 11.8 Å². The summed E-state index contributed by atoms with van der Waals surface area (Å²) in [6, 6.07) is 9.36. The van der Waals surface area contributed by atoms with Gasteiger partial charge in [-0.2, -0.15) is 0 Å². The summed E-state index contributed by atoms with van der Waals surface area (Å²) in [6.45, 7) is 4.16. The number of rotatable bonds is 6. The molecule has 21 heavy (non-hydrogen) atoms. The molecule has 6 heteroatoms. The number of amides is 1. The number of hydrogen-bond acceptors (Lipinski definition) is 4. The third-order valence-corrected chi connectivity index (χ3v) is 4.48. The molecule has 2 rings (SSSR count). The van der Waals surface area contributed by atoms with Gasteiger partial charge in [-0.15, -0.1) is 11.8 Å². The number of aryl methyl sites for hydroxylation is 1. The van der Waals surface area contributed by atoms with Crippen molar-refractivity contribution < 1.29 is 9.32 Å². The zero-order valence-corrected chi connectivity index (χ0v) is 13.5. The van der Waals surface area contributed by atoms with E-state index < -0.39 is 0 Å². The van der Waals surface area contributed by atoms with Crippen LogP contribution in [0.5, 0.6) is 0 Å². The third-order valence-electron chi connectivity index (χ3n) is 2.94. The summed E-state index contributed by atoms with van der Waals surface area (Å²) >= 11 is 7.58. The predicted octanol–water partition coefficient (Wildman–Crippen LogP) is 3.57. The lowest BCUT2D eigenvalue weighted by molar-refractivity contribution is -0.120. The Morgan fingerprint density at radius 3 is 2.90 bits per heavy atom. The molecule has 0 aliphatic rings. The van der Waals surface area contributed by atoms with E-state index in [-0.39, 0.29) is 11.2 Å². The minimum Gasteiger partial charge on any atom is -0.361 e. The number of benzene rings is 1. The molecule has 0 radical (unpaired) electrons. The lowest BCUT2D eigenvalue weighted by Crippen LogP contribution is -2.30. The third kappa shape index (κ3) is 4.79. The van der Waals surface area contributed by atoms with Crippen molar-refractivity contribution in [2.45, 2.75) is 31.4 Å². The summed E-state index contributed by atoms with van der Waals surface area (Å²) in [4.78, 5) is 12.0. The van der Waals surface area contributed by atoms with Crippen LogP contribution in [0.4, 0.5) is 0 Å². The minimum atomic E-state index is -0.163. The Morgan fingerprint density at radius 2 is 2.24 bits per heavy atom. The second kappa shape index (κ2) is 7.52. The van der Waals surface area contributed by atoms with Crippen molar-refractivity contribution in [2.75, 3.05) is 0 Å². The quantitative estimate of drug-likeness (QED) is 0.882. The van der Waals surface area contributed by atoms with E-state index >= 15 is 0 Å². The molecule has 4 nitrogen and oxygen atoms in total. The number of nitrogens with zero attached hydrogens (tertiary/aromatic N) is 1. The molecule has 112 valence electrons. The highest BCUT2D eigenvalue weighted by Crippen LogP contribution is 2.18. The smallest absolute Gasteiger partial charge is 0.233 e. The van der Waals surface area contributed by atoms with Crippen LogP contribution in [0.2, 0.25) is 5.02 Å². The van der Waals surface area contributed by atoms with Crippen molar-refractivity contribution in [1.29, 1.82) is 0 Å². The van der Waals surface area contributed by atoms with Gasteiger partial charge in [0.2, 0.25) is 5.91 Å². The van der Waals surface area contributed by atoms with Gasteiger partial charge in [0.25, 0.3) is 0 Å². The van der Waals surface area contributed by atoms with Crippen LogP contribution in [-0.4, -0.2) is 16.3 Å². The molecule has 0 saturated carbocycles. The van der Waals surface area contributed by atoms with Crippen LogP contribution < -0.4 is 5.32 Å². The number of hydrogen-bond donors (Lipinski definition) is 1. The number of thioether (sulfide) groups is 1. The first-order chi connectivity index (χ1) is 10.1. The van der Waals surface area contributed by atoms with Crippen molar-refractivity contribution >= 4 is 29.3 Å². The molecule has 0 aliphatic carbocycles. The fourth-order valence-electron chi connectivity index (χ4n) is 1.74. The van der Waals surface area contributed by atoms with E-state index in [2.05, 4.69) is 10.5 Å². The molecule has 1 N–H and O–H groups in total. The molecule has 1 unspecified atom stereocenters. The summed E-state index contributed by atoms with van der Waals surface area (Å²) in [5.41, 5.74) is 1.76. The number of halogens is 1. The average Bonchev–Trinajstić information content (AvgIpc) is 2.89. The van der Waals surface area contributed by atoms with Crippen LogP contribution in [-0.2, 0) is 17.1 Å². The van der Waals surface area contributed by atoms with Crippen LogP contribution in [0.1, 0.15) is 23.9 Å². The van der Waals surface area contributed by atoms with E-state index in [0.29, 0.717) is 17.3 Å². The van der Waals surface area contributed by atoms with Gasteiger partial charge in [0.1, 0.15) is 5.76 Å². The van der Waals surface area contributed by atoms with Gasteiger partial charge >= 0.3 is 0 Å². The van der Waals surface area contributed by atoms with Crippen molar-refractivity contribution in [1.82, 2.24) is 10.5 Å². The van der Waals surface area contributed by atoms with E-state index in [4.69, 9.17) is 16.1 Å². The summed E-state index contributed by atoms with van der Waals surface area (Å²) in [5.74, 6) is 1.42. The van der Waals surface area contributed by atoms with E-state index in [0.717, 1.165) is 17.0 Å². The second-order valence-corrected chi connectivity index (χ2v) is 6.43. The first-order valence-electron chi connectivity index (χ1n) is 6.61. The van der Waals surface area contributed by atoms with E-state index in [1.807, 2.05) is 44.2 Å². The van der Waals surface area contributed by atoms with Crippen molar-refractivity contribution in [3.05, 3.63) is 52.4 Å². The Hall–Kier alpha value is -1.46. The molecule has 1 heterocycles. The Balaban J connectivity index is 1.78. The number of carbonyl (C=O) groups excluding carboxylic acids is 1. The molecule has 0 saturated heterocycles. The van der Waals surface area contributed by atoms with Crippen molar-refractivity contribution in [3.63, 3.8) is 0 Å². The summed E-state index contributed by atoms with van der Waals surface area (Å²) in [6.07, 6.45) is 0. The largest absolute Gasteiger partial charge is 0.361 e. The van der Waals surface area contributed by atoms with Crippen LogP contribution in [0.3, 0.4) is 0 Å². The maximum Gasteiger partial charge on any atom is 0.233 e. The summed E-state index contributed by atoms with van der Waals surface area (Å²) in [7, 11) is 0. The second-order valence-electron chi connectivity index (χ2n) is 4.69. The SMILES string of the molecule is Cc1cc(CSC(C)C(=O)NCc2ccccc2Cl)no1. The van der Waals surface area contributed by atoms with Gasteiger partial charge < -0.3 is 9.84 Å². The zero-order valence-electron chi connectivity index (χ0n) is 11.9. The van der Waals surface area contributed by atoms with Crippen LogP contribution in [0, 0.1) is 6.92 Å². The molecule has 0 fully saturated rings.